The second-order valence-corrected chi connectivity index (χ2v) is 6.05. The first-order chi connectivity index (χ1) is 9.78. The predicted octanol–water partition coefficient (Wildman–Crippen LogP) is 2.88. The summed E-state index contributed by atoms with van der Waals surface area (Å²) in [6.45, 7) is 6.84. The van der Waals surface area contributed by atoms with Gasteiger partial charge in [0.25, 0.3) is 5.69 Å². The molecule has 0 fully saturated rings. The van der Waals surface area contributed by atoms with Gasteiger partial charge in [-0.05, 0) is 26.8 Å². The minimum absolute atomic E-state index is 0.0320. The van der Waals surface area contributed by atoms with Crippen molar-refractivity contribution < 1.29 is 4.92 Å². The molecule has 0 unspecified atom stereocenters. The highest BCUT2D eigenvalue weighted by Gasteiger charge is 2.20. The maximum absolute atomic E-state index is 11.2. The van der Waals surface area contributed by atoms with E-state index in [1.54, 1.807) is 22.9 Å². The lowest BCUT2D eigenvalue weighted by molar-refractivity contribution is -0.384. The van der Waals surface area contributed by atoms with Crippen molar-refractivity contribution in [2.75, 3.05) is 0 Å². The Morgan fingerprint density at radius 1 is 1.33 bits per heavy atom. The summed E-state index contributed by atoms with van der Waals surface area (Å²) in [5, 5.41) is 19.0. The summed E-state index contributed by atoms with van der Waals surface area (Å²) in [4.78, 5) is 10.8. The van der Waals surface area contributed by atoms with E-state index in [4.69, 9.17) is 0 Å². The number of hydrogen-bond donors (Lipinski definition) is 1. The van der Waals surface area contributed by atoms with E-state index in [1.165, 1.54) is 6.07 Å². The average molecular weight is 288 g/mol. The van der Waals surface area contributed by atoms with E-state index in [-0.39, 0.29) is 16.1 Å². The Kier molecular flexibility index (Phi) is 4.09. The van der Waals surface area contributed by atoms with Crippen molar-refractivity contribution in [2.24, 2.45) is 7.05 Å². The van der Waals surface area contributed by atoms with Crippen molar-refractivity contribution >= 4 is 5.69 Å². The molecule has 1 aromatic carbocycles. The summed E-state index contributed by atoms with van der Waals surface area (Å²) < 4.78 is 1.69. The molecule has 1 heterocycles. The Hall–Kier alpha value is -2.21. The molecule has 0 spiro atoms. The van der Waals surface area contributed by atoms with Gasteiger partial charge in [0.15, 0.2) is 0 Å². The first-order valence-corrected chi connectivity index (χ1v) is 6.79. The van der Waals surface area contributed by atoms with Gasteiger partial charge in [-0.3, -0.25) is 14.8 Å². The van der Waals surface area contributed by atoms with Crippen molar-refractivity contribution in [3.05, 3.63) is 46.1 Å². The Morgan fingerprint density at radius 3 is 2.62 bits per heavy atom. The summed E-state index contributed by atoms with van der Waals surface area (Å²) in [7, 11) is 1.82. The van der Waals surface area contributed by atoms with Gasteiger partial charge in [0.2, 0.25) is 0 Å². The molecular weight excluding hydrogens is 268 g/mol. The lowest BCUT2D eigenvalue weighted by Gasteiger charge is -2.20. The second kappa shape index (κ2) is 5.65. The smallest absolute Gasteiger partial charge is 0.278 e. The van der Waals surface area contributed by atoms with Crippen molar-refractivity contribution in [1.29, 1.82) is 0 Å². The minimum atomic E-state index is -0.370. The summed E-state index contributed by atoms with van der Waals surface area (Å²) in [6.07, 6.45) is 1.89. The molecule has 0 amide bonds. The number of para-hydroxylation sites is 1. The lowest BCUT2D eigenvalue weighted by atomic mass is 10.0. The van der Waals surface area contributed by atoms with Gasteiger partial charge >= 0.3 is 0 Å². The molecule has 112 valence electrons. The normalized spacial score (nSPS) is 11.6. The maximum Gasteiger partial charge on any atom is 0.278 e. The molecule has 6 heteroatoms. The van der Waals surface area contributed by atoms with E-state index in [0.29, 0.717) is 17.8 Å². The number of nitrogens with one attached hydrogen (secondary N) is 1. The highest BCUT2D eigenvalue weighted by molar-refractivity contribution is 5.72. The lowest BCUT2D eigenvalue weighted by Crippen LogP contribution is -2.35. The van der Waals surface area contributed by atoms with Crippen molar-refractivity contribution in [3.63, 3.8) is 0 Å². The van der Waals surface area contributed by atoms with Gasteiger partial charge in [-0.1, -0.05) is 12.1 Å². The molecule has 0 aliphatic rings. The first-order valence-electron chi connectivity index (χ1n) is 6.79. The van der Waals surface area contributed by atoms with Crippen LogP contribution < -0.4 is 5.32 Å². The third-order valence-electron chi connectivity index (χ3n) is 3.07. The Morgan fingerprint density at radius 2 is 2.00 bits per heavy atom. The van der Waals surface area contributed by atoms with Crippen LogP contribution in [0.2, 0.25) is 0 Å². The molecule has 0 atom stereocenters. The third kappa shape index (κ3) is 3.66. The minimum Gasteiger partial charge on any atom is -0.308 e. The van der Waals surface area contributed by atoms with Crippen LogP contribution in [0.4, 0.5) is 5.69 Å². The Labute approximate surface area is 123 Å². The molecular formula is C15H20N4O2. The summed E-state index contributed by atoms with van der Waals surface area (Å²) >= 11 is 0. The average Bonchev–Trinajstić information content (AvgIpc) is 2.76. The van der Waals surface area contributed by atoms with Gasteiger partial charge in [-0.2, -0.15) is 5.10 Å². The summed E-state index contributed by atoms with van der Waals surface area (Å²) in [6, 6.07) is 6.70. The fourth-order valence-electron chi connectivity index (χ4n) is 2.09. The summed E-state index contributed by atoms with van der Waals surface area (Å²) in [5.74, 6) is 0. The number of aryl methyl sites for hydroxylation is 1. The predicted molar refractivity (Wildman–Crippen MR) is 81.9 cm³/mol. The molecule has 2 aromatic rings. The molecule has 21 heavy (non-hydrogen) atoms. The highest BCUT2D eigenvalue weighted by atomic mass is 16.6. The molecule has 0 saturated carbocycles. The zero-order valence-corrected chi connectivity index (χ0v) is 12.8. The quantitative estimate of drug-likeness (QED) is 0.693. The number of benzene rings is 1. The van der Waals surface area contributed by atoms with Crippen LogP contribution >= 0.6 is 0 Å². The fraction of sp³-hybridized carbons (Fsp3) is 0.400. The van der Waals surface area contributed by atoms with Crippen LogP contribution in [-0.2, 0) is 13.6 Å². The standard InChI is InChI=1S/C15H20N4O2/c1-15(2,3)16-9-11-10-18(4)17-14(11)12-7-5-6-8-13(12)19(20)21/h5-8,10,16H,9H2,1-4H3. The molecule has 1 aromatic heterocycles. The fourth-order valence-corrected chi connectivity index (χ4v) is 2.09. The number of nitro benzene ring substituents is 1. The van der Waals surface area contributed by atoms with Crippen LogP contribution in [0.3, 0.4) is 0 Å². The zero-order chi connectivity index (χ0) is 15.6. The van der Waals surface area contributed by atoms with Crippen LogP contribution in [0, 0.1) is 10.1 Å². The molecule has 2 rings (SSSR count). The van der Waals surface area contributed by atoms with Crippen LogP contribution in [-0.4, -0.2) is 20.2 Å². The van der Waals surface area contributed by atoms with Crippen LogP contribution in [0.5, 0.6) is 0 Å². The van der Waals surface area contributed by atoms with Gasteiger partial charge in [-0.25, -0.2) is 0 Å². The van der Waals surface area contributed by atoms with E-state index in [2.05, 4.69) is 31.2 Å². The van der Waals surface area contributed by atoms with Crippen LogP contribution in [0.1, 0.15) is 26.3 Å². The van der Waals surface area contributed by atoms with E-state index >= 15 is 0 Å². The number of nitrogens with zero attached hydrogens (tertiary/aromatic N) is 3. The highest BCUT2D eigenvalue weighted by Crippen LogP contribution is 2.30. The van der Waals surface area contributed by atoms with E-state index < -0.39 is 0 Å². The number of nitro groups is 1. The number of rotatable bonds is 4. The largest absolute Gasteiger partial charge is 0.308 e. The van der Waals surface area contributed by atoms with Gasteiger partial charge in [-0.15, -0.1) is 0 Å². The second-order valence-electron chi connectivity index (χ2n) is 6.05. The van der Waals surface area contributed by atoms with Crippen LogP contribution in [0.25, 0.3) is 11.3 Å². The van der Waals surface area contributed by atoms with Crippen LogP contribution in [0.15, 0.2) is 30.5 Å². The van der Waals surface area contributed by atoms with Gasteiger partial charge in [0, 0.05) is 37.0 Å². The first kappa shape index (κ1) is 15.2. The summed E-state index contributed by atoms with van der Waals surface area (Å²) in [5.41, 5.74) is 2.20. The number of hydrogen-bond acceptors (Lipinski definition) is 4. The van der Waals surface area contributed by atoms with Gasteiger partial charge < -0.3 is 5.32 Å². The molecule has 0 aliphatic heterocycles. The van der Waals surface area contributed by atoms with Crippen molar-refractivity contribution in [3.8, 4) is 11.3 Å². The SMILES string of the molecule is Cn1cc(CNC(C)(C)C)c(-c2ccccc2[N+](=O)[O-])n1. The molecule has 0 saturated heterocycles. The van der Waals surface area contributed by atoms with Gasteiger partial charge in [0.05, 0.1) is 10.5 Å². The number of aromatic nitrogens is 2. The Balaban J connectivity index is 2.43. The molecule has 1 N–H and O–H groups in total. The van der Waals surface area contributed by atoms with Crippen molar-refractivity contribution in [2.45, 2.75) is 32.9 Å². The molecule has 0 bridgehead atoms. The monoisotopic (exact) mass is 288 g/mol. The van der Waals surface area contributed by atoms with E-state index in [1.807, 2.05) is 13.2 Å². The third-order valence-corrected chi connectivity index (χ3v) is 3.07. The van der Waals surface area contributed by atoms with Gasteiger partial charge in [0.1, 0.15) is 5.69 Å². The maximum atomic E-state index is 11.2. The topological polar surface area (TPSA) is 73.0 Å². The molecule has 0 aliphatic carbocycles. The molecule has 6 nitrogen and oxygen atoms in total. The van der Waals surface area contributed by atoms with Crippen molar-refractivity contribution in [1.82, 2.24) is 15.1 Å². The van der Waals surface area contributed by atoms with E-state index in [0.717, 1.165) is 5.56 Å². The molecule has 0 radical (unpaired) electrons. The Bertz CT molecular complexity index is 656. The van der Waals surface area contributed by atoms with E-state index in [9.17, 15) is 10.1 Å². The zero-order valence-electron chi connectivity index (χ0n) is 12.8.